The van der Waals surface area contributed by atoms with Crippen molar-refractivity contribution >= 4 is 5.91 Å². The fourth-order valence-electron chi connectivity index (χ4n) is 6.77. The molecule has 1 amide bonds. The average molecular weight is 482 g/mol. The number of nitrogens with two attached hydrogens (primary N) is 1. The van der Waals surface area contributed by atoms with E-state index in [-0.39, 0.29) is 11.3 Å². The van der Waals surface area contributed by atoms with E-state index in [1.165, 1.54) is 17.5 Å². The zero-order valence-electron chi connectivity index (χ0n) is 21.5. The maximum atomic E-state index is 13.0. The molecular weight excluding hydrogens is 442 g/mol. The van der Waals surface area contributed by atoms with Gasteiger partial charge in [0.15, 0.2) is 0 Å². The van der Waals surface area contributed by atoms with Gasteiger partial charge in [-0.1, -0.05) is 91.0 Å². The third kappa shape index (κ3) is 5.25. The molecule has 4 heteroatoms. The highest BCUT2D eigenvalue weighted by atomic mass is 16.1. The molecule has 2 fully saturated rings. The highest BCUT2D eigenvalue weighted by molar-refractivity contribution is 5.86. The summed E-state index contributed by atoms with van der Waals surface area (Å²) in [7, 11) is 0. The number of nitrogens with zero attached hydrogens (tertiary/aromatic N) is 2. The van der Waals surface area contributed by atoms with Crippen molar-refractivity contribution in [1.29, 1.82) is 0 Å². The zero-order chi connectivity index (χ0) is 25.0. The number of fused-ring (bicyclic) bond motifs is 1. The van der Waals surface area contributed by atoms with E-state index in [4.69, 9.17) is 5.73 Å². The number of hydrogen-bond acceptors (Lipinski definition) is 3. The smallest absolute Gasteiger partial charge is 0.227 e. The highest BCUT2D eigenvalue weighted by Crippen LogP contribution is 2.50. The molecule has 188 valence electrons. The third-order valence-corrected chi connectivity index (χ3v) is 8.68. The number of primary amides is 1. The van der Waals surface area contributed by atoms with Gasteiger partial charge in [0.05, 0.1) is 5.41 Å². The molecule has 3 aromatic rings. The van der Waals surface area contributed by atoms with Crippen molar-refractivity contribution in [2.75, 3.05) is 32.7 Å². The second-order valence-corrected chi connectivity index (χ2v) is 11.3. The first-order valence-electron chi connectivity index (χ1n) is 13.3. The molecular formula is C32H39N3O. The van der Waals surface area contributed by atoms with Gasteiger partial charge in [0.1, 0.15) is 0 Å². The van der Waals surface area contributed by atoms with Gasteiger partial charge in [0.25, 0.3) is 0 Å². The number of likely N-dealkylation sites (tertiary alicyclic amines) is 2. The monoisotopic (exact) mass is 481 g/mol. The summed E-state index contributed by atoms with van der Waals surface area (Å²) >= 11 is 0. The van der Waals surface area contributed by atoms with Crippen LogP contribution in [0.1, 0.15) is 36.5 Å². The minimum Gasteiger partial charge on any atom is -0.369 e. The van der Waals surface area contributed by atoms with Crippen LogP contribution in [0.2, 0.25) is 0 Å². The first-order valence-corrected chi connectivity index (χ1v) is 13.3. The van der Waals surface area contributed by atoms with Crippen LogP contribution in [0, 0.1) is 11.3 Å². The number of carbonyl (C=O) groups excluding carboxylic acids is 1. The van der Waals surface area contributed by atoms with E-state index in [0.717, 1.165) is 57.7 Å². The summed E-state index contributed by atoms with van der Waals surface area (Å²) in [4.78, 5) is 18.3. The largest absolute Gasteiger partial charge is 0.369 e. The van der Waals surface area contributed by atoms with Gasteiger partial charge >= 0.3 is 0 Å². The van der Waals surface area contributed by atoms with Crippen LogP contribution in [0.25, 0.3) is 0 Å². The Labute approximate surface area is 216 Å². The van der Waals surface area contributed by atoms with E-state index in [1.807, 2.05) is 18.2 Å². The quantitative estimate of drug-likeness (QED) is 0.474. The molecule has 2 aliphatic heterocycles. The molecule has 2 heterocycles. The van der Waals surface area contributed by atoms with Gasteiger partial charge in [0.2, 0.25) is 5.91 Å². The Morgan fingerprint density at radius 3 is 2.11 bits per heavy atom. The van der Waals surface area contributed by atoms with Crippen LogP contribution in [0.3, 0.4) is 0 Å². The van der Waals surface area contributed by atoms with Crippen molar-refractivity contribution in [3.63, 3.8) is 0 Å². The molecule has 3 aromatic carbocycles. The van der Waals surface area contributed by atoms with E-state index >= 15 is 0 Å². The van der Waals surface area contributed by atoms with Gasteiger partial charge in [-0.15, -0.1) is 0 Å². The first-order chi connectivity index (χ1) is 17.5. The lowest BCUT2D eigenvalue weighted by Gasteiger charge is -2.48. The summed E-state index contributed by atoms with van der Waals surface area (Å²) in [5.41, 5.74) is 9.28. The lowest BCUT2D eigenvalue weighted by molar-refractivity contribution is -0.125. The molecule has 0 radical (unpaired) electrons. The van der Waals surface area contributed by atoms with E-state index < -0.39 is 5.41 Å². The van der Waals surface area contributed by atoms with Gasteiger partial charge in [0, 0.05) is 38.1 Å². The average Bonchev–Trinajstić information content (AvgIpc) is 3.25. The summed E-state index contributed by atoms with van der Waals surface area (Å²) in [6.45, 7) is 8.31. The second-order valence-electron chi connectivity index (χ2n) is 11.3. The van der Waals surface area contributed by atoms with Crippen LogP contribution >= 0.6 is 0 Å². The molecule has 0 saturated carbocycles. The van der Waals surface area contributed by atoms with Crippen LogP contribution in [-0.4, -0.2) is 48.4 Å². The van der Waals surface area contributed by atoms with Crippen molar-refractivity contribution in [1.82, 2.24) is 9.80 Å². The molecule has 2 saturated heterocycles. The van der Waals surface area contributed by atoms with E-state index in [9.17, 15) is 4.79 Å². The molecule has 36 heavy (non-hydrogen) atoms. The topological polar surface area (TPSA) is 49.6 Å². The maximum Gasteiger partial charge on any atom is 0.227 e. The second kappa shape index (κ2) is 10.6. The van der Waals surface area contributed by atoms with Crippen LogP contribution in [-0.2, 0) is 23.2 Å². The summed E-state index contributed by atoms with van der Waals surface area (Å²) in [5, 5.41) is 0. The molecule has 2 N–H and O–H groups in total. The SMILES string of the molecule is CC(CC12CN(CCc3ccccc3)CCC1CN(Cc1ccccc1)C2)(C(N)=O)c1ccccc1. The van der Waals surface area contributed by atoms with Crippen molar-refractivity contribution in [3.05, 3.63) is 108 Å². The maximum absolute atomic E-state index is 13.0. The van der Waals surface area contributed by atoms with Gasteiger partial charge < -0.3 is 10.6 Å². The van der Waals surface area contributed by atoms with Gasteiger partial charge in [-0.2, -0.15) is 0 Å². The molecule has 3 atom stereocenters. The zero-order valence-corrected chi connectivity index (χ0v) is 21.5. The van der Waals surface area contributed by atoms with E-state index in [0.29, 0.717) is 5.92 Å². The number of amides is 1. The van der Waals surface area contributed by atoms with Gasteiger partial charge in [-0.3, -0.25) is 9.69 Å². The lowest BCUT2D eigenvalue weighted by atomic mass is 9.62. The Kier molecular flexibility index (Phi) is 7.27. The van der Waals surface area contributed by atoms with Crippen molar-refractivity contribution in [3.8, 4) is 0 Å². The molecule has 2 aliphatic rings. The van der Waals surface area contributed by atoms with Gasteiger partial charge in [-0.05, 0) is 55.3 Å². The Morgan fingerprint density at radius 2 is 1.47 bits per heavy atom. The number of carbonyl (C=O) groups is 1. The summed E-state index contributed by atoms with van der Waals surface area (Å²) < 4.78 is 0. The van der Waals surface area contributed by atoms with Gasteiger partial charge in [-0.25, -0.2) is 0 Å². The Hall–Kier alpha value is -2.95. The molecule has 0 aromatic heterocycles. The molecule has 3 unspecified atom stereocenters. The fraction of sp³-hybridized carbons (Fsp3) is 0.406. The van der Waals surface area contributed by atoms with Crippen molar-refractivity contribution < 1.29 is 4.79 Å². The van der Waals surface area contributed by atoms with Crippen LogP contribution in [0.4, 0.5) is 0 Å². The summed E-state index contributed by atoms with van der Waals surface area (Å²) in [6.07, 6.45) is 3.02. The first kappa shape index (κ1) is 24.7. The van der Waals surface area contributed by atoms with E-state index in [1.54, 1.807) is 0 Å². The Bertz CT molecular complexity index is 1140. The minimum absolute atomic E-state index is 0.0311. The van der Waals surface area contributed by atoms with Crippen molar-refractivity contribution in [2.24, 2.45) is 17.1 Å². The highest BCUT2D eigenvalue weighted by Gasteiger charge is 2.53. The van der Waals surface area contributed by atoms with Crippen molar-refractivity contribution in [2.45, 2.75) is 38.1 Å². The summed E-state index contributed by atoms with van der Waals surface area (Å²) in [5.74, 6) is 0.348. The normalized spacial score (nSPS) is 24.2. The molecule has 0 bridgehead atoms. The number of benzene rings is 3. The lowest BCUT2D eigenvalue weighted by Crippen LogP contribution is -2.54. The van der Waals surface area contributed by atoms with E-state index in [2.05, 4.69) is 89.5 Å². The Morgan fingerprint density at radius 1 is 0.889 bits per heavy atom. The van der Waals surface area contributed by atoms with Crippen LogP contribution in [0.5, 0.6) is 0 Å². The molecule has 0 spiro atoms. The number of rotatable bonds is 9. The molecule has 4 nitrogen and oxygen atoms in total. The third-order valence-electron chi connectivity index (χ3n) is 8.68. The predicted octanol–water partition coefficient (Wildman–Crippen LogP) is 4.89. The fourth-order valence-corrected chi connectivity index (χ4v) is 6.77. The van der Waals surface area contributed by atoms with Crippen LogP contribution < -0.4 is 5.73 Å². The van der Waals surface area contributed by atoms with Crippen LogP contribution in [0.15, 0.2) is 91.0 Å². The predicted molar refractivity (Wildman–Crippen MR) is 146 cm³/mol. The number of piperidine rings is 1. The summed E-state index contributed by atoms with van der Waals surface area (Å²) in [6, 6.07) is 31.7. The Balaban J connectivity index is 1.41. The molecule has 5 rings (SSSR count). The minimum atomic E-state index is -0.690. The standard InChI is InChI=1S/C32H39N3O/c1-31(30(33)36,28-15-9-4-10-16-28)23-32-24-34(19-17-26-11-5-2-6-12-26)20-18-29(32)22-35(25-32)21-27-13-7-3-8-14-27/h2-16,29H,17-25H2,1H3,(H2,33,36). The molecule has 0 aliphatic carbocycles. The number of hydrogen-bond donors (Lipinski definition) is 1.